The van der Waals surface area contributed by atoms with Gasteiger partial charge in [-0.2, -0.15) is 0 Å². The molecule has 0 bridgehead atoms. The van der Waals surface area contributed by atoms with Crippen molar-refractivity contribution in [3.63, 3.8) is 0 Å². The van der Waals surface area contributed by atoms with E-state index < -0.39 is 48.4 Å². The molecule has 0 aromatic heterocycles. The average molecular weight is 600 g/mol. The van der Waals surface area contributed by atoms with Crippen LogP contribution in [0, 0.1) is 11.8 Å². The van der Waals surface area contributed by atoms with Crippen molar-refractivity contribution in [3.8, 4) is 0 Å². The maximum atomic E-state index is 13.3. The fraction of sp³-hybridized carbons (Fsp3) is 0.941. The average Bonchev–Trinajstić information content (AvgIpc) is 2.95. The van der Waals surface area contributed by atoms with Crippen LogP contribution in [0.2, 0.25) is 0 Å². The number of aliphatic hydroxyl groups excluding tert-OH is 3. The lowest BCUT2D eigenvalue weighted by atomic mass is 9.74. The molecular weight excluding hydrogens is 534 g/mol. The summed E-state index contributed by atoms with van der Waals surface area (Å²) in [4.78, 5) is 27.8. The molecule has 0 radical (unpaired) electrons. The van der Waals surface area contributed by atoms with Crippen LogP contribution in [0.1, 0.15) is 156 Å². The largest absolute Gasteiger partial charge is 0.465 e. The van der Waals surface area contributed by atoms with Gasteiger partial charge in [0.25, 0.3) is 0 Å². The Kier molecular flexibility index (Phi) is 22.3. The zero-order chi connectivity index (χ0) is 31.2. The second-order valence-corrected chi connectivity index (χ2v) is 12.5. The first-order valence-corrected chi connectivity index (χ1v) is 17.4. The highest BCUT2D eigenvalue weighted by atomic mass is 16.5. The summed E-state index contributed by atoms with van der Waals surface area (Å²) in [5.41, 5.74) is 0. The lowest BCUT2D eigenvalue weighted by Gasteiger charge is -2.44. The Bertz CT molecular complexity index is 679. The maximum Gasteiger partial charge on any atom is 0.309 e. The summed E-state index contributed by atoms with van der Waals surface area (Å²) in [6.45, 7) is 8.08. The highest BCUT2D eigenvalue weighted by molar-refractivity contribution is 5.82. The van der Waals surface area contributed by atoms with E-state index in [4.69, 9.17) is 9.47 Å². The zero-order valence-electron chi connectivity index (χ0n) is 27.4. The number of esters is 2. The molecule has 1 fully saturated rings. The van der Waals surface area contributed by atoms with Gasteiger partial charge in [-0.15, -0.1) is 0 Å². The van der Waals surface area contributed by atoms with Crippen molar-refractivity contribution in [2.45, 2.75) is 181 Å². The predicted molar refractivity (Wildman–Crippen MR) is 168 cm³/mol. The molecule has 248 valence electrons. The molecule has 1 saturated carbocycles. The Morgan fingerprint density at radius 1 is 0.619 bits per heavy atom. The van der Waals surface area contributed by atoms with Gasteiger partial charge in [-0.25, -0.2) is 4.90 Å². The van der Waals surface area contributed by atoms with Crippen LogP contribution in [0.5, 0.6) is 0 Å². The number of ether oxygens (including phenoxy) is 2. The van der Waals surface area contributed by atoms with Gasteiger partial charge in [0.15, 0.2) is 0 Å². The predicted octanol–water partition coefficient (Wildman–Crippen LogP) is 6.87. The van der Waals surface area contributed by atoms with Gasteiger partial charge in [-0.1, -0.05) is 117 Å². The van der Waals surface area contributed by atoms with E-state index in [9.17, 15) is 24.9 Å². The molecule has 1 rings (SSSR count). The smallest absolute Gasteiger partial charge is 0.309 e. The number of unbranched alkanes of at least 4 members (excludes halogenated alkanes) is 16. The van der Waals surface area contributed by atoms with Crippen LogP contribution in [0.3, 0.4) is 0 Å². The summed E-state index contributed by atoms with van der Waals surface area (Å²) < 4.78 is 11.2. The standard InChI is InChI=1S/C34H65NO7/c1-5-7-9-11-13-15-17-19-21-23-41-33(39)29-25-31(35(27(3)36)28(4)37)32(38)26-30(29)34(40)42-24-22-20-18-16-14-12-10-8-6-2/h27-32,36-38H,5-26H2,1-4H3. The van der Waals surface area contributed by atoms with Gasteiger partial charge in [0, 0.05) is 6.04 Å². The molecule has 6 atom stereocenters. The Balaban J connectivity index is 2.60. The quantitative estimate of drug-likeness (QED) is 0.0591. The molecule has 0 saturated heterocycles. The van der Waals surface area contributed by atoms with Gasteiger partial charge in [0.2, 0.25) is 0 Å². The Labute approximate surface area is 256 Å². The van der Waals surface area contributed by atoms with Crippen LogP contribution in [-0.4, -0.2) is 70.0 Å². The topological polar surface area (TPSA) is 117 Å². The monoisotopic (exact) mass is 599 g/mol. The zero-order valence-corrected chi connectivity index (χ0v) is 27.4. The molecule has 1 aliphatic rings. The fourth-order valence-corrected chi connectivity index (χ4v) is 6.26. The molecule has 6 unspecified atom stereocenters. The lowest BCUT2D eigenvalue weighted by molar-refractivity contribution is -0.179. The number of rotatable bonds is 25. The highest BCUT2D eigenvalue weighted by Gasteiger charge is 2.48. The van der Waals surface area contributed by atoms with E-state index in [2.05, 4.69) is 13.8 Å². The van der Waals surface area contributed by atoms with Crippen LogP contribution in [0.25, 0.3) is 0 Å². The summed E-state index contributed by atoms with van der Waals surface area (Å²) in [5.74, 6) is -2.55. The van der Waals surface area contributed by atoms with Gasteiger partial charge in [-0.05, 0) is 39.5 Å². The second-order valence-electron chi connectivity index (χ2n) is 12.5. The molecule has 0 amide bonds. The number of carbonyl (C=O) groups is 2. The molecule has 0 spiro atoms. The van der Waals surface area contributed by atoms with E-state index in [1.165, 1.54) is 95.8 Å². The van der Waals surface area contributed by atoms with Crippen LogP contribution < -0.4 is 0 Å². The molecule has 1 aliphatic carbocycles. The number of hydrogen-bond acceptors (Lipinski definition) is 8. The number of nitrogens with zero attached hydrogens (tertiary/aromatic N) is 1. The van der Waals surface area contributed by atoms with Gasteiger partial charge < -0.3 is 24.8 Å². The molecular formula is C34H65NO7. The molecule has 0 aliphatic heterocycles. The van der Waals surface area contributed by atoms with Crippen LogP contribution >= 0.6 is 0 Å². The van der Waals surface area contributed by atoms with Crippen molar-refractivity contribution in [2.24, 2.45) is 11.8 Å². The third-order valence-corrected chi connectivity index (χ3v) is 8.76. The van der Waals surface area contributed by atoms with Crippen LogP contribution in [-0.2, 0) is 19.1 Å². The molecule has 3 N–H and O–H groups in total. The van der Waals surface area contributed by atoms with Gasteiger partial charge in [0.05, 0.1) is 31.2 Å². The van der Waals surface area contributed by atoms with Crippen molar-refractivity contribution in [1.82, 2.24) is 4.90 Å². The minimum absolute atomic E-state index is 0.0228. The highest BCUT2D eigenvalue weighted by Crippen LogP contribution is 2.36. The SMILES string of the molecule is CCCCCCCCCCCOC(=O)C1CC(O)C(N(C(C)O)C(C)O)CC1C(=O)OCCCCCCCCCCC. The third-order valence-electron chi connectivity index (χ3n) is 8.76. The summed E-state index contributed by atoms with van der Waals surface area (Å²) in [5, 5.41) is 31.5. The Morgan fingerprint density at radius 3 is 1.31 bits per heavy atom. The summed E-state index contributed by atoms with van der Waals surface area (Å²) >= 11 is 0. The minimum atomic E-state index is -1.03. The third kappa shape index (κ3) is 16.0. The second kappa shape index (κ2) is 24.1. The maximum absolute atomic E-state index is 13.3. The number of aliphatic hydroxyl groups is 3. The van der Waals surface area contributed by atoms with E-state index >= 15 is 0 Å². The van der Waals surface area contributed by atoms with E-state index in [0.717, 1.165) is 38.5 Å². The van der Waals surface area contributed by atoms with Crippen molar-refractivity contribution in [3.05, 3.63) is 0 Å². The normalized spacial score (nSPS) is 22.2. The summed E-state index contributed by atoms with van der Waals surface area (Å²) in [6, 6.07) is -0.684. The Morgan fingerprint density at radius 2 is 0.952 bits per heavy atom. The van der Waals surface area contributed by atoms with Crippen molar-refractivity contribution >= 4 is 11.9 Å². The first kappa shape index (κ1) is 38.8. The van der Waals surface area contributed by atoms with Gasteiger partial charge >= 0.3 is 11.9 Å². The first-order chi connectivity index (χ1) is 20.2. The van der Waals surface area contributed by atoms with E-state index in [1.54, 1.807) is 0 Å². The molecule has 0 aromatic carbocycles. The van der Waals surface area contributed by atoms with E-state index in [-0.39, 0.29) is 12.8 Å². The molecule has 42 heavy (non-hydrogen) atoms. The van der Waals surface area contributed by atoms with E-state index in [0.29, 0.717) is 13.2 Å². The van der Waals surface area contributed by atoms with E-state index in [1.807, 2.05) is 0 Å². The van der Waals surface area contributed by atoms with Gasteiger partial charge in [-0.3, -0.25) is 9.59 Å². The van der Waals surface area contributed by atoms with Crippen molar-refractivity contribution in [1.29, 1.82) is 0 Å². The van der Waals surface area contributed by atoms with Crippen LogP contribution in [0.15, 0.2) is 0 Å². The number of carbonyl (C=O) groups excluding carboxylic acids is 2. The summed E-state index contributed by atoms with van der Waals surface area (Å²) in [7, 11) is 0. The summed E-state index contributed by atoms with van der Waals surface area (Å²) in [6.07, 6.45) is 18.0. The fourth-order valence-electron chi connectivity index (χ4n) is 6.26. The Hall–Kier alpha value is -1.22. The van der Waals surface area contributed by atoms with Crippen molar-refractivity contribution in [2.75, 3.05) is 13.2 Å². The van der Waals surface area contributed by atoms with Crippen molar-refractivity contribution < 1.29 is 34.4 Å². The molecule has 0 heterocycles. The molecule has 8 nitrogen and oxygen atoms in total. The minimum Gasteiger partial charge on any atom is -0.465 e. The number of hydrogen-bond donors (Lipinski definition) is 3. The molecule has 0 aromatic rings. The lowest BCUT2D eigenvalue weighted by Crippen LogP contribution is -2.57. The van der Waals surface area contributed by atoms with Gasteiger partial charge in [0.1, 0.15) is 12.5 Å². The van der Waals surface area contributed by atoms with Crippen LogP contribution in [0.4, 0.5) is 0 Å². The first-order valence-electron chi connectivity index (χ1n) is 17.4. The molecule has 8 heteroatoms.